The number of morpholine rings is 1. The Labute approximate surface area is 218 Å². The number of benzene rings is 1. The highest BCUT2D eigenvalue weighted by Gasteiger charge is 2.26. The first kappa shape index (κ1) is 24.4. The Kier molecular flexibility index (Phi) is 7.11. The van der Waals surface area contributed by atoms with Crippen molar-refractivity contribution < 1.29 is 14.3 Å². The third-order valence-electron chi connectivity index (χ3n) is 7.89. The number of carbonyl (C=O) groups is 1. The molecule has 3 aromatic rings. The molecule has 3 aliphatic rings. The van der Waals surface area contributed by atoms with E-state index >= 15 is 0 Å². The van der Waals surface area contributed by atoms with Gasteiger partial charge in [0.25, 0.3) is 0 Å². The molecule has 1 amide bonds. The molecule has 196 valence electrons. The van der Waals surface area contributed by atoms with Crippen LogP contribution in [0.1, 0.15) is 48.1 Å². The fourth-order valence-corrected chi connectivity index (χ4v) is 5.90. The lowest BCUT2D eigenvalue weighted by Gasteiger charge is -2.32. The van der Waals surface area contributed by atoms with Gasteiger partial charge >= 0.3 is 0 Å². The minimum atomic E-state index is 0.0967. The molecule has 0 saturated carbocycles. The van der Waals surface area contributed by atoms with Gasteiger partial charge in [-0.05, 0) is 74.4 Å². The van der Waals surface area contributed by atoms with Crippen molar-refractivity contribution in [3.8, 4) is 0 Å². The number of anilines is 1. The van der Waals surface area contributed by atoms with Crippen molar-refractivity contribution in [1.82, 2.24) is 19.7 Å². The smallest absolute Gasteiger partial charge is 0.224 e. The van der Waals surface area contributed by atoms with Crippen molar-refractivity contribution in [3.63, 3.8) is 0 Å². The minimum Gasteiger partial charge on any atom is -0.378 e. The molecule has 1 atom stereocenters. The Morgan fingerprint density at radius 2 is 1.95 bits per heavy atom. The molecule has 8 nitrogen and oxygen atoms in total. The average molecular weight is 504 g/mol. The third-order valence-corrected chi connectivity index (χ3v) is 7.89. The predicted octanol–water partition coefficient (Wildman–Crippen LogP) is 3.66. The summed E-state index contributed by atoms with van der Waals surface area (Å²) in [6, 6.07) is 8.86. The van der Waals surface area contributed by atoms with Gasteiger partial charge in [0.15, 0.2) is 0 Å². The first-order valence-electron chi connectivity index (χ1n) is 13.8. The Bertz CT molecular complexity index is 1260. The highest BCUT2D eigenvalue weighted by Crippen LogP contribution is 2.31. The number of aromatic nitrogens is 3. The maximum atomic E-state index is 13.6. The molecule has 2 aromatic heterocycles. The van der Waals surface area contributed by atoms with Crippen LogP contribution in [-0.4, -0.2) is 71.1 Å². The lowest BCUT2D eigenvalue weighted by Crippen LogP contribution is -2.40. The summed E-state index contributed by atoms with van der Waals surface area (Å²) in [5.74, 6) is 1.12. The topological polar surface area (TPSA) is 72.7 Å². The van der Waals surface area contributed by atoms with Gasteiger partial charge in [-0.25, -0.2) is 4.98 Å². The molecule has 2 aliphatic heterocycles. The highest BCUT2D eigenvalue weighted by atomic mass is 16.5. The van der Waals surface area contributed by atoms with Crippen LogP contribution in [-0.2, 0) is 40.2 Å². The van der Waals surface area contributed by atoms with Gasteiger partial charge in [0, 0.05) is 62.9 Å². The van der Waals surface area contributed by atoms with Gasteiger partial charge in [-0.2, -0.15) is 5.10 Å². The standard InChI is InChI=1S/C29H37N5O3/c1-21-7-9-34(31-21)10-8-28(35)33(20-26-6-3-13-37-26)19-25-17-24-16-22-4-2-5-23(22)18-27(24)30-29(25)32-11-14-36-15-12-32/h7,9,16-18,26H,2-6,8,10-15,19-20H2,1H3/t26-/m1/s1. The summed E-state index contributed by atoms with van der Waals surface area (Å²) in [5.41, 5.74) is 6.00. The zero-order chi connectivity index (χ0) is 25.2. The average Bonchev–Trinajstić information content (AvgIpc) is 3.68. The summed E-state index contributed by atoms with van der Waals surface area (Å²) in [4.78, 5) is 23.1. The van der Waals surface area contributed by atoms with E-state index in [0.717, 1.165) is 68.0 Å². The van der Waals surface area contributed by atoms with Crippen molar-refractivity contribution in [2.24, 2.45) is 0 Å². The lowest BCUT2D eigenvalue weighted by atomic mass is 10.0. The molecular weight excluding hydrogens is 466 g/mol. The molecule has 6 rings (SSSR count). The van der Waals surface area contributed by atoms with E-state index in [-0.39, 0.29) is 12.0 Å². The van der Waals surface area contributed by atoms with Crippen molar-refractivity contribution in [3.05, 3.63) is 52.8 Å². The van der Waals surface area contributed by atoms with E-state index in [4.69, 9.17) is 14.5 Å². The minimum absolute atomic E-state index is 0.0967. The van der Waals surface area contributed by atoms with E-state index in [2.05, 4.69) is 28.2 Å². The third kappa shape index (κ3) is 5.50. The molecule has 37 heavy (non-hydrogen) atoms. The number of hydrogen-bond acceptors (Lipinski definition) is 6. The van der Waals surface area contributed by atoms with E-state index < -0.39 is 0 Å². The van der Waals surface area contributed by atoms with Crippen molar-refractivity contribution in [2.45, 2.75) is 64.6 Å². The Morgan fingerprint density at radius 3 is 2.70 bits per heavy atom. The summed E-state index contributed by atoms with van der Waals surface area (Å²) in [5, 5.41) is 5.63. The Hall–Kier alpha value is -2.97. The zero-order valence-corrected chi connectivity index (χ0v) is 21.8. The monoisotopic (exact) mass is 503 g/mol. The lowest BCUT2D eigenvalue weighted by molar-refractivity contribution is -0.133. The molecule has 2 saturated heterocycles. The fourth-order valence-electron chi connectivity index (χ4n) is 5.90. The summed E-state index contributed by atoms with van der Waals surface area (Å²) < 4.78 is 13.4. The van der Waals surface area contributed by atoms with Crippen molar-refractivity contribution >= 4 is 22.6 Å². The van der Waals surface area contributed by atoms with Gasteiger partial charge in [0.1, 0.15) is 5.82 Å². The van der Waals surface area contributed by atoms with Crippen LogP contribution < -0.4 is 4.90 Å². The maximum absolute atomic E-state index is 13.6. The Balaban J connectivity index is 1.31. The predicted molar refractivity (Wildman–Crippen MR) is 143 cm³/mol. The summed E-state index contributed by atoms with van der Waals surface area (Å²) in [6.07, 6.45) is 8.00. The van der Waals surface area contributed by atoms with Crippen LogP contribution in [0, 0.1) is 6.92 Å². The summed E-state index contributed by atoms with van der Waals surface area (Å²) >= 11 is 0. The van der Waals surface area contributed by atoms with Crippen LogP contribution >= 0.6 is 0 Å². The molecule has 0 N–H and O–H groups in total. The number of pyridine rings is 1. The van der Waals surface area contributed by atoms with Gasteiger partial charge in [-0.3, -0.25) is 9.48 Å². The van der Waals surface area contributed by atoms with Gasteiger partial charge < -0.3 is 19.3 Å². The van der Waals surface area contributed by atoms with E-state index in [1.165, 1.54) is 22.9 Å². The summed E-state index contributed by atoms with van der Waals surface area (Å²) in [6.45, 7) is 7.50. The number of aryl methyl sites for hydroxylation is 4. The molecule has 1 aromatic carbocycles. The summed E-state index contributed by atoms with van der Waals surface area (Å²) in [7, 11) is 0. The van der Waals surface area contributed by atoms with Gasteiger partial charge in [-0.15, -0.1) is 0 Å². The molecular formula is C29H37N5O3. The second kappa shape index (κ2) is 10.8. The second-order valence-corrected chi connectivity index (χ2v) is 10.6. The Morgan fingerprint density at radius 1 is 1.11 bits per heavy atom. The number of nitrogens with zero attached hydrogens (tertiary/aromatic N) is 5. The second-order valence-electron chi connectivity index (χ2n) is 10.6. The molecule has 8 heteroatoms. The first-order chi connectivity index (χ1) is 18.1. The van der Waals surface area contributed by atoms with Crippen LogP contribution in [0.5, 0.6) is 0 Å². The molecule has 2 fully saturated rings. The maximum Gasteiger partial charge on any atom is 0.224 e. The van der Waals surface area contributed by atoms with Crippen LogP contribution in [0.4, 0.5) is 5.82 Å². The van der Waals surface area contributed by atoms with Crippen molar-refractivity contribution in [1.29, 1.82) is 0 Å². The van der Waals surface area contributed by atoms with Crippen LogP contribution in [0.3, 0.4) is 0 Å². The normalized spacial score (nSPS) is 19.5. The van der Waals surface area contributed by atoms with Crippen LogP contribution in [0.25, 0.3) is 10.9 Å². The van der Waals surface area contributed by atoms with Crippen LogP contribution in [0.2, 0.25) is 0 Å². The number of ether oxygens (including phenoxy) is 2. The molecule has 0 spiro atoms. The molecule has 0 unspecified atom stereocenters. The van der Waals surface area contributed by atoms with E-state index in [1.54, 1.807) is 0 Å². The van der Waals surface area contributed by atoms with E-state index in [9.17, 15) is 4.79 Å². The number of rotatable bonds is 8. The number of carbonyl (C=O) groups excluding carboxylic acids is 1. The van der Waals surface area contributed by atoms with E-state index in [1.807, 2.05) is 28.8 Å². The number of hydrogen-bond donors (Lipinski definition) is 0. The van der Waals surface area contributed by atoms with Gasteiger partial charge in [0.2, 0.25) is 5.91 Å². The zero-order valence-electron chi connectivity index (χ0n) is 21.8. The van der Waals surface area contributed by atoms with Crippen LogP contribution in [0.15, 0.2) is 30.5 Å². The quantitative estimate of drug-likeness (QED) is 0.467. The largest absolute Gasteiger partial charge is 0.378 e. The first-order valence-corrected chi connectivity index (χ1v) is 13.8. The van der Waals surface area contributed by atoms with Gasteiger partial charge in [0.05, 0.1) is 30.5 Å². The highest BCUT2D eigenvalue weighted by molar-refractivity contribution is 5.84. The van der Waals surface area contributed by atoms with E-state index in [0.29, 0.717) is 39.3 Å². The molecule has 0 bridgehead atoms. The molecule has 1 aliphatic carbocycles. The molecule has 0 radical (unpaired) electrons. The molecule has 4 heterocycles. The number of fused-ring (bicyclic) bond motifs is 2. The van der Waals surface area contributed by atoms with Crippen molar-refractivity contribution in [2.75, 3.05) is 44.4 Å². The van der Waals surface area contributed by atoms with Gasteiger partial charge in [-0.1, -0.05) is 0 Å². The fraction of sp³-hybridized carbons (Fsp3) is 0.552. The number of amides is 1. The SMILES string of the molecule is Cc1ccn(CCC(=O)N(Cc2cc3cc4c(cc3nc2N2CCOCC2)CCC4)C[C@H]2CCCO2)n1.